The molecule has 0 unspecified atom stereocenters. The van der Waals surface area contributed by atoms with Gasteiger partial charge < -0.3 is 24.1 Å². The van der Waals surface area contributed by atoms with Crippen molar-refractivity contribution in [3.8, 4) is 11.5 Å². The normalized spacial score (nSPS) is 10.8. The monoisotopic (exact) mass is 358 g/mol. The van der Waals surface area contributed by atoms with E-state index in [0.29, 0.717) is 17.9 Å². The third kappa shape index (κ3) is 5.61. The molecule has 0 atom stereocenters. The van der Waals surface area contributed by atoms with Crippen molar-refractivity contribution in [3.05, 3.63) is 65.2 Å². The molecule has 6 heteroatoms. The highest BCUT2D eigenvalue weighted by Gasteiger charge is 2.16. The fourth-order valence-corrected chi connectivity index (χ4v) is 2.32. The van der Waals surface area contributed by atoms with Gasteiger partial charge in [0.1, 0.15) is 11.5 Å². The molecule has 0 aromatic heterocycles. The zero-order chi connectivity index (χ0) is 18.8. The fourth-order valence-electron chi connectivity index (χ4n) is 2.32. The maximum Gasteiger partial charge on any atom is 0.335 e. The molecule has 0 fully saturated rings. The van der Waals surface area contributed by atoms with Gasteiger partial charge in [-0.2, -0.15) is 0 Å². The van der Waals surface area contributed by atoms with Gasteiger partial charge in [-0.3, -0.25) is 0 Å². The molecule has 138 valence electrons. The van der Waals surface area contributed by atoms with E-state index in [1.165, 1.54) is 26.4 Å². The van der Waals surface area contributed by atoms with Crippen LogP contribution in [0.3, 0.4) is 0 Å². The van der Waals surface area contributed by atoms with Gasteiger partial charge in [0.05, 0.1) is 5.56 Å². The number of carboxylic acid groups (broad SMARTS) is 1. The van der Waals surface area contributed by atoms with Crippen LogP contribution in [0.1, 0.15) is 21.5 Å². The van der Waals surface area contributed by atoms with Gasteiger partial charge in [0.2, 0.25) is 0 Å². The number of benzene rings is 2. The van der Waals surface area contributed by atoms with E-state index in [1.807, 2.05) is 42.5 Å². The summed E-state index contributed by atoms with van der Waals surface area (Å²) in [6.45, 7) is 0.00434. The minimum absolute atomic E-state index is 0.00217. The number of allylic oxidation sites excluding steroid dienone is 1. The van der Waals surface area contributed by atoms with E-state index >= 15 is 0 Å². The van der Waals surface area contributed by atoms with Crippen LogP contribution < -0.4 is 9.47 Å². The first-order valence-electron chi connectivity index (χ1n) is 8.01. The third-order valence-corrected chi connectivity index (χ3v) is 3.51. The molecule has 0 aliphatic carbocycles. The van der Waals surface area contributed by atoms with E-state index in [1.54, 1.807) is 0 Å². The number of carbonyl (C=O) groups is 1. The summed E-state index contributed by atoms with van der Waals surface area (Å²) in [6, 6.07) is 12.8. The minimum atomic E-state index is -1.07. The van der Waals surface area contributed by atoms with E-state index in [9.17, 15) is 9.90 Å². The van der Waals surface area contributed by atoms with Crippen molar-refractivity contribution in [2.24, 2.45) is 0 Å². The lowest BCUT2D eigenvalue weighted by Crippen LogP contribution is -2.08. The summed E-state index contributed by atoms with van der Waals surface area (Å²) >= 11 is 0. The Morgan fingerprint density at radius 3 is 2.08 bits per heavy atom. The summed E-state index contributed by atoms with van der Waals surface area (Å²) in [6.07, 6.45) is 4.43. The van der Waals surface area contributed by atoms with Crippen molar-refractivity contribution in [2.75, 3.05) is 27.8 Å². The van der Waals surface area contributed by atoms with Crippen LogP contribution in [0.25, 0.3) is 6.08 Å². The lowest BCUT2D eigenvalue weighted by molar-refractivity contribution is 0.0443. The maximum absolute atomic E-state index is 11.4. The Hall–Kier alpha value is -2.83. The Kier molecular flexibility index (Phi) is 7.67. The van der Waals surface area contributed by atoms with Crippen LogP contribution in [-0.4, -0.2) is 38.9 Å². The molecule has 2 rings (SSSR count). The number of hydrogen-bond acceptors (Lipinski definition) is 5. The summed E-state index contributed by atoms with van der Waals surface area (Å²) in [5.41, 5.74) is 1.85. The first-order chi connectivity index (χ1) is 12.7. The van der Waals surface area contributed by atoms with Crippen LogP contribution in [0, 0.1) is 0 Å². The predicted octanol–water partition coefficient (Wildman–Crippen LogP) is 3.61. The van der Waals surface area contributed by atoms with Gasteiger partial charge in [0.15, 0.2) is 13.6 Å². The van der Waals surface area contributed by atoms with Gasteiger partial charge in [0.25, 0.3) is 0 Å². The molecule has 2 aromatic carbocycles. The van der Waals surface area contributed by atoms with Crippen LogP contribution in [0.5, 0.6) is 11.5 Å². The second-order valence-electron chi connectivity index (χ2n) is 5.38. The summed E-state index contributed by atoms with van der Waals surface area (Å²) in [5.74, 6) is -0.271. The van der Waals surface area contributed by atoms with E-state index < -0.39 is 5.97 Å². The topological polar surface area (TPSA) is 74.2 Å². The van der Waals surface area contributed by atoms with Crippen molar-refractivity contribution in [1.82, 2.24) is 0 Å². The highest BCUT2D eigenvalue weighted by atomic mass is 16.7. The Balaban J connectivity index is 2.34. The fraction of sp³-hybridized carbons (Fsp3) is 0.250. The highest BCUT2D eigenvalue weighted by Crippen LogP contribution is 2.32. The van der Waals surface area contributed by atoms with Crippen molar-refractivity contribution in [2.45, 2.75) is 6.42 Å². The van der Waals surface area contributed by atoms with Crippen LogP contribution in [0.15, 0.2) is 48.5 Å². The molecule has 0 amide bonds. The molecule has 0 spiro atoms. The summed E-state index contributed by atoms with van der Waals surface area (Å²) < 4.78 is 21.0. The molecule has 26 heavy (non-hydrogen) atoms. The second-order valence-corrected chi connectivity index (χ2v) is 5.38. The number of hydrogen-bond donors (Lipinski definition) is 1. The van der Waals surface area contributed by atoms with Gasteiger partial charge in [-0.05, 0) is 24.1 Å². The lowest BCUT2D eigenvalue weighted by Gasteiger charge is -2.16. The van der Waals surface area contributed by atoms with E-state index in [4.69, 9.17) is 18.9 Å². The second kappa shape index (κ2) is 10.2. The van der Waals surface area contributed by atoms with E-state index in [-0.39, 0.29) is 19.1 Å². The van der Waals surface area contributed by atoms with Crippen molar-refractivity contribution < 1.29 is 28.8 Å². The molecule has 0 radical (unpaired) electrons. The molecule has 6 nitrogen and oxygen atoms in total. The molecule has 1 N–H and O–H groups in total. The molecule has 0 saturated heterocycles. The molecule has 0 bridgehead atoms. The highest BCUT2D eigenvalue weighted by molar-refractivity contribution is 5.89. The van der Waals surface area contributed by atoms with Crippen molar-refractivity contribution in [3.63, 3.8) is 0 Å². The molecule has 2 aromatic rings. The average molecular weight is 358 g/mol. The van der Waals surface area contributed by atoms with Crippen LogP contribution in [-0.2, 0) is 15.9 Å². The first-order valence-corrected chi connectivity index (χ1v) is 8.01. The van der Waals surface area contributed by atoms with Crippen LogP contribution in [0.2, 0.25) is 0 Å². The zero-order valence-corrected chi connectivity index (χ0v) is 14.8. The quantitative estimate of drug-likeness (QED) is 0.654. The summed E-state index contributed by atoms with van der Waals surface area (Å²) in [5, 5.41) is 9.31. The zero-order valence-electron chi connectivity index (χ0n) is 14.8. The molecular formula is C20H22O6. The Morgan fingerprint density at radius 2 is 1.58 bits per heavy atom. The third-order valence-electron chi connectivity index (χ3n) is 3.51. The van der Waals surface area contributed by atoms with Crippen molar-refractivity contribution >= 4 is 12.0 Å². The largest absolute Gasteiger partial charge is 0.478 e. The molecule has 0 aliphatic rings. The number of rotatable bonds is 10. The van der Waals surface area contributed by atoms with E-state index in [2.05, 4.69) is 0 Å². The SMILES string of the molecule is COCOc1cc(C(=O)O)cc(OCOC)c1C/C=C/c1ccccc1. The van der Waals surface area contributed by atoms with Gasteiger partial charge in [-0.1, -0.05) is 42.5 Å². The summed E-state index contributed by atoms with van der Waals surface area (Å²) in [4.78, 5) is 11.4. The molecule has 0 saturated carbocycles. The number of methoxy groups -OCH3 is 2. The van der Waals surface area contributed by atoms with E-state index in [0.717, 1.165) is 11.1 Å². The van der Waals surface area contributed by atoms with Crippen LogP contribution >= 0.6 is 0 Å². The first kappa shape index (κ1) is 19.5. The van der Waals surface area contributed by atoms with Gasteiger partial charge >= 0.3 is 5.97 Å². The van der Waals surface area contributed by atoms with Gasteiger partial charge in [0, 0.05) is 19.8 Å². The average Bonchev–Trinajstić information content (AvgIpc) is 2.66. The minimum Gasteiger partial charge on any atom is -0.478 e. The standard InChI is InChI=1S/C20H22O6/c1-23-13-25-18-11-16(20(21)22)12-19(26-14-24-2)17(18)10-6-9-15-7-4-3-5-8-15/h3-9,11-12H,10,13-14H2,1-2H3,(H,21,22)/b9-6+. The predicted molar refractivity (Wildman–Crippen MR) is 97.6 cm³/mol. The Bertz CT molecular complexity index is 710. The van der Waals surface area contributed by atoms with Gasteiger partial charge in [-0.25, -0.2) is 4.79 Å². The maximum atomic E-state index is 11.4. The number of carboxylic acids is 1. The number of aromatic carboxylic acids is 1. The van der Waals surface area contributed by atoms with Crippen molar-refractivity contribution in [1.29, 1.82) is 0 Å². The van der Waals surface area contributed by atoms with Gasteiger partial charge in [-0.15, -0.1) is 0 Å². The van der Waals surface area contributed by atoms with Crippen LogP contribution in [0.4, 0.5) is 0 Å². The molecular weight excluding hydrogens is 336 g/mol. The molecule has 0 heterocycles. The molecule has 0 aliphatic heterocycles. The lowest BCUT2D eigenvalue weighted by atomic mass is 10.0. The Labute approximate surface area is 152 Å². The Morgan fingerprint density at radius 1 is 1.00 bits per heavy atom. The summed E-state index contributed by atoms with van der Waals surface area (Å²) in [7, 11) is 3.00. The smallest absolute Gasteiger partial charge is 0.335 e. The number of ether oxygens (including phenoxy) is 4.